The molecule has 1 saturated heterocycles. The first-order valence-electron chi connectivity index (χ1n) is 4.18. The van der Waals surface area contributed by atoms with Crippen LogP contribution < -0.4 is 0 Å². The lowest BCUT2D eigenvalue weighted by atomic mass is 10.2. The van der Waals surface area contributed by atoms with Gasteiger partial charge in [0, 0.05) is 17.9 Å². The van der Waals surface area contributed by atoms with Gasteiger partial charge in [-0.15, -0.1) is 23.5 Å². The smallest absolute Gasteiger partial charge is 0.303 e. The van der Waals surface area contributed by atoms with Gasteiger partial charge in [0.15, 0.2) is 0 Å². The van der Waals surface area contributed by atoms with Gasteiger partial charge in [-0.05, 0) is 12.8 Å². The number of hydrogen-bond acceptors (Lipinski definition) is 3. The summed E-state index contributed by atoms with van der Waals surface area (Å²) in [7, 11) is 0. The van der Waals surface area contributed by atoms with Crippen molar-refractivity contribution in [3.05, 3.63) is 0 Å². The SMILES string of the molecule is CCC1(CCC(=O)O)SCCS1. The maximum atomic E-state index is 10.4. The topological polar surface area (TPSA) is 37.3 Å². The molecule has 0 spiro atoms. The molecular formula is C8H14O2S2. The Morgan fingerprint density at radius 1 is 1.50 bits per heavy atom. The van der Waals surface area contributed by atoms with Crippen molar-refractivity contribution >= 4 is 29.5 Å². The standard InChI is InChI=1S/C8H14O2S2/c1-2-8(4-3-7(9)10)11-5-6-12-8/h2-6H2,1H3,(H,9,10). The summed E-state index contributed by atoms with van der Waals surface area (Å²) >= 11 is 3.86. The van der Waals surface area contributed by atoms with Crippen molar-refractivity contribution in [2.75, 3.05) is 11.5 Å². The first kappa shape index (κ1) is 10.3. The first-order chi connectivity index (χ1) is 5.68. The van der Waals surface area contributed by atoms with E-state index in [2.05, 4.69) is 6.92 Å². The summed E-state index contributed by atoms with van der Waals surface area (Å²) in [4.78, 5) is 10.4. The van der Waals surface area contributed by atoms with Crippen molar-refractivity contribution in [2.24, 2.45) is 0 Å². The molecule has 0 atom stereocenters. The van der Waals surface area contributed by atoms with Crippen molar-refractivity contribution in [3.8, 4) is 0 Å². The molecule has 0 aliphatic carbocycles. The molecule has 12 heavy (non-hydrogen) atoms. The molecule has 0 unspecified atom stereocenters. The Labute approximate surface area is 81.5 Å². The van der Waals surface area contributed by atoms with Gasteiger partial charge < -0.3 is 5.11 Å². The second-order valence-corrected chi connectivity index (χ2v) is 6.07. The molecule has 0 aromatic carbocycles. The predicted molar refractivity (Wildman–Crippen MR) is 54.8 cm³/mol. The molecular weight excluding hydrogens is 192 g/mol. The largest absolute Gasteiger partial charge is 0.481 e. The molecule has 1 aliphatic heterocycles. The molecule has 1 heterocycles. The van der Waals surface area contributed by atoms with Crippen LogP contribution in [0.5, 0.6) is 0 Å². The molecule has 0 radical (unpaired) electrons. The maximum Gasteiger partial charge on any atom is 0.303 e. The lowest BCUT2D eigenvalue weighted by molar-refractivity contribution is -0.137. The lowest BCUT2D eigenvalue weighted by Gasteiger charge is -2.24. The minimum Gasteiger partial charge on any atom is -0.481 e. The van der Waals surface area contributed by atoms with Gasteiger partial charge in [-0.25, -0.2) is 0 Å². The normalized spacial score (nSPS) is 21.1. The van der Waals surface area contributed by atoms with Crippen molar-refractivity contribution in [1.82, 2.24) is 0 Å². The average Bonchev–Trinajstić information content (AvgIpc) is 2.50. The Hall–Kier alpha value is 0.170. The molecule has 0 aromatic rings. The van der Waals surface area contributed by atoms with E-state index >= 15 is 0 Å². The first-order valence-corrected chi connectivity index (χ1v) is 6.15. The third-order valence-electron chi connectivity index (χ3n) is 2.07. The second kappa shape index (κ2) is 4.42. The number of aliphatic carboxylic acids is 1. The van der Waals surface area contributed by atoms with Gasteiger partial charge in [0.1, 0.15) is 0 Å². The van der Waals surface area contributed by atoms with Crippen LogP contribution in [0.1, 0.15) is 26.2 Å². The summed E-state index contributed by atoms with van der Waals surface area (Å²) in [6, 6.07) is 0. The lowest BCUT2D eigenvalue weighted by Crippen LogP contribution is -2.17. The molecule has 0 saturated carbocycles. The van der Waals surface area contributed by atoms with Crippen molar-refractivity contribution in [2.45, 2.75) is 30.3 Å². The van der Waals surface area contributed by atoms with E-state index in [1.54, 1.807) is 0 Å². The van der Waals surface area contributed by atoms with Gasteiger partial charge in [-0.3, -0.25) is 4.79 Å². The van der Waals surface area contributed by atoms with Gasteiger partial charge >= 0.3 is 5.97 Å². The summed E-state index contributed by atoms with van der Waals surface area (Å²) in [6.07, 6.45) is 2.21. The summed E-state index contributed by atoms with van der Waals surface area (Å²) in [5, 5.41) is 8.57. The van der Waals surface area contributed by atoms with Crippen molar-refractivity contribution in [3.63, 3.8) is 0 Å². The molecule has 1 aliphatic rings. The Morgan fingerprint density at radius 3 is 2.50 bits per heavy atom. The Kier molecular flexibility index (Phi) is 3.77. The van der Waals surface area contributed by atoms with E-state index in [9.17, 15) is 4.79 Å². The van der Waals surface area contributed by atoms with Gasteiger partial charge in [-0.1, -0.05) is 6.92 Å². The second-order valence-electron chi connectivity index (χ2n) is 2.85. The fourth-order valence-corrected chi connectivity index (χ4v) is 4.46. The highest BCUT2D eigenvalue weighted by Crippen LogP contribution is 2.49. The number of hydrogen-bond donors (Lipinski definition) is 1. The molecule has 1 N–H and O–H groups in total. The van der Waals surface area contributed by atoms with Crippen molar-refractivity contribution in [1.29, 1.82) is 0 Å². The fourth-order valence-electron chi connectivity index (χ4n) is 1.32. The zero-order valence-electron chi connectivity index (χ0n) is 7.21. The van der Waals surface area contributed by atoms with Crippen molar-refractivity contribution < 1.29 is 9.90 Å². The highest BCUT2D eigenvalue weighted by Gasteiger charge is 2.33. The van der Waals surface area contributed by atoms with E-state index in [0.717, 1.165) is 12.8 Å². The fraction of sp³-hybridized carbons (Fsp3) is 0.875. The van der Waals surface area contributed by atoms with Crippen LogP contribution in [0.3, 0.4) is 0 Å². The zero-order chi connectivity index (χ0) is 9.03. The quantitative estimate of drug-likeness (QED) is 0.766. The molecule has 1 rings (SSSR count). The minimum atomic E-state index is -0.670. The molecule has 0 bridgehead atoms. The van der Waals surface area contributed by atoms with Crippen LogP contribution in [-0.4, -0.2) is 26.7 Å². The van der Waals surface area contributed by atoms with Crippen LogP contribution in [0.25, 0.3) is 0 Å². The zero-order valence-corrected chi connectivity index (χ0v) is 8.84. The van der Waals surface area contributed by atoms with Crippen LogP contribution in [0.15, 0.2) is 0 Å². The van der Waals surface area contributed by atoms with E-state index in [0.29, 0.717) is 6.42 Å². The average molecular weight is 206 g/mol. The third kappa shape index (κ3) is 2.59. The molecule has 70 valence electrons. The summed E-state index contributed by atoms with van der Waals surface area (Å²) in [5.74, 6) is 1.69. The van der Waals surface area contributed by atoms with E-state index < -0.39 is 5.97 Å². The number of carboxylic acid groups (broad SMARTS) is 1. The van der Waals surface area contributed by atoms with Crippen LogP contribution in [-0.2, 0) is 4.79 Å². The van der Waals surface area contributed by atoms with Gasteiger partial charge in [-0.2, -0.15) is 0 Å². The van der Waals surface area contributed by atoms with Gasteiger partial charge in [0.05, 0.1) is 4.08 Å². The minimum absolute atomic E-state index is 0.221. The molecule has 4 heteroatoms. The van der Waals surface area contributed by atoms with Crippen LogP contribution in [0.4, 0.5) is 0 Å². The van der Waals surface area contributed by atoms with E-state index in [4.69, 9.17) is 5.11 Å². The number of carbonyl (C=O) groups is 1. The number of rotatable bonds is 4. The van der Waals surface area contributed by atoms with Gasteiger partial charge in [0.2, 0.25) is 0 Å². The molecule has 1 fully saturated rings. The van der Waals surface area contributed by atoms with Crippen LogP contribution in [0, 0.1) is 0 Å². The Bertz CT molecular complexity index is 164. The number of carboxylic acids is 1. The number of thioether (sulfide) groups is 2. The van der Waals surface area contributed by atoms with Crippen LogP contribution in [0.2, 0.25) is 0 Å². The van der Waals surface area contributed by atoms with E-state index in [1.807, 2.05) is 23.5 Å². The Morgan fingerprint density at radius 2 is 2.08 bits per heavy atom. The molecule has 2 nitrogen and oxygen atoms in total. The van der Waals surface area contributed by atoms with Crippen LogP contribution >= 0.6 is 23.5 Å². The maximum absolute atomic E-state index is 10.4. The predicted octanol–water partition coefficient (Wildman–Crippen LogP) is 2.44. The molecule has 0 amide bonds. The van der Waals surface area contributed by atoms with E-state index in [-0.39, 0.29) is 4.08 Å². The van der Waals surface area contributed by atoms with Gasteiger partial charge in [0.25, 0.3) is 0 Å². The summed E-state index contributed by atoms with van der Waals surface area (Å²) in [5.41, 5.74) is 0. The summed E-state index contributed by atoms with van der Waals surface area (Å²) < 4.78 is 0.221. The highest BCUT2D eigenvalue weighted by molar-refractivity contribution is 8.21. The van der Waals surface area contributed by atoms with E-state index in [1.165, 1.54) is 11.5 Å². The molecule has 0 aromatic heterocycles. The summed E-state index contributed by atoms with van der Waals surface area (Å²) in [6.45, 7) is 2.15. The third-order valence-corrected chi connectivity index (χ3v) is 5.89. The monoisotopic (exact) mass is 206 g/mol. The highest BCUT2D eigenvalue weighted by atomic mass is 32.2. The Balaban J connectivity index is 2.39.